The molecule has 0 saturated carbocycles. The highest BCUT2D eigenvalue weighted by Gasteiger charge is 2.22. The van der Waals surface area contributed by atoms with Crippen LogP contribution in [0.5, 0.6) is 0 Å². The van der Waals surface area contributed by atoms with Gasteiger partial charge in [-0.25, -0.2) is 9.37 Å². The third kappa shape index (κ3) is 4.71. The third-order valence-electron chi connectivity index (χ3n) is 5.31. The van der Waals surface area contributed by atoms with Crippen molar-refractivity contribution in [2.75, 3.05) is 30.7 Å². The molecule has 3 heterocycles. The molecule has 0 aliphatic carbocycles. The number of nitrogen functional groups attached to an aromatic ring is 1. The van der Waals surface area contributed by atoms with Crippen molar-refractivity contribution in [3.05, 3.63) is 54.1 Å². The summed E-state index contributed by atoms with van der Waals surface area (Å²) in [7, 11) is 1.86. The Balaban J connectivity index is 1.55. The van der Waals surface area contributed by atoms with Crippen molar-refractivity contribution >= 4 is 11.8 Å². The van der Waals surface area contributed by atoms with E-state index in [-0.39, 0.29) is 17.8 Å². The Morgan fingerprint density at radius 3 is 2.59 bits per heavy atom. The van der Waals surface area contributed by atoms with Gasteiger partial charge in [0.15, 0.2) is 0 Å². The Bertz CT molecular complexity index is 948. The monoisotopic (exact) mass is 395 g/mol. The first kappa shape index (κ1) is 19.3. The Morgan fingerprint density at radius 1 is 1.14 bits per heavy atom. The number of aromatic nitrogens is 4. The number of piperidine rings is 1. The minimum Gasteiger partial charge on any atom is -0.368 e. The highest BCUT2D eigenvalue weighted by molar-refractivity contribution is 5.62. The van der Waals surface area contributed by atoms with Crippen molar-refractivity contribution in [2.45, 2.75) is 25.3 Å². The standard InChI is InChI=1S/C21H26FN7/c1-28-14-16(12-25-28)18-11-20(27-21(23)26-18)24-13-19(29-9-3-2-4-10-29)15-5-7-17(22)8-6-15/h5-8,11-12,14,19H,2-4,9-10,13H2,1H3,(H3,23,24,26,27)/t19-/m1/s1. The lowest BCUT2D eigenvalue weighted by Crippen LogP contribution is -2.37. The highest BCUT2D eigenvalue weighted by Crippen LogP contribution is 2.26. The van der Waals surface area contributed by atoms with Crippen LogP contribution >= 0.6 is 0 Å². The van der Waals surface area contributed by atoms with Crippen molar-refractivity contribution < 1.29 is 4.39 Å². The zero-order chi connectivity index (χ0) is 20.2. The molecule has 4 rings (SSSR count). The van der Waals surface area contributed by atoms with Gasteiger partial charge >= 0.3 is 0 Å². The first-order valence-electron chi connectivity index (χ1n) is 9.95. The van der Waals surface area contributed by atoms with Gasteiger partial charge in [0.1, 0.15) is 11.6 Å². The normalized spacial score (nSPS) is 15.9. The summed E-state index contributed by atoms with van der Waals surface area (Å²) in [6.07, 6.45) is 7.27. The maximum Gasteiger partial charge on any atom is 0.222 e. The van der Waals surface area contributed by atoms with Crippen molar-refractivity contribution in [3.8, 4) is 11.3 Å². The summed E-state index contributed by atoms with van der Waals surface area (Å²) in [5, 5.41) is 7.61. The maximum atomic E-state index is 13.4. The van der Waals surface area contributed by atoms with Crippen LogP contribution in [-0.2, 0) is 7.05 Å². The second-order valence-corrected chi connectivity index (χ2v) is 7.44. The SMILES string of the molecule is Cn1cc(-c2cc(NC[C@H](c3ccc(F)cc3)N3CCCCC3)nc(N)n2)cn1. The number of nitrogens with one attached hydrogen (secondary N) is 1. The predicted molar refractivity (Wildman–Crippen MR) is 112 cm³/mol. The van der Waals surface area contributed by atoms with E-state index in [0.29, 0.717) is 12.4 Å². The molecule has 1 aromatic carbocycles. The van der Waals surface area contributed by atoms with Crippen LogP contribution in [0.4, 0.5) is 16.2 Å². The van der Waals surface area contributed by atoms with Gasteiger partial charge in [-0.1, -0.05) is 18.6 Å². The molecule has 0 bridgehead atoms. The largest absolute Gasteiger partial charge is 0.368 e. The highest BCUT2D eigenvalue weighted by atomic mass is 19.1. The average Bonchev–Trinajstić information content (AvgIpc) is 3.16. The van der Waals surface area contributed by atoms with E-state index in [1.54, 1.807) is 10.9 Å². The number of benzene rings is 1. The zero-order valence-electron chi connectivity index (χ0n) is 16.6. The van der Waals surface area contributed by atoms with Crippen LogP contribution in [0.1, 0.15) is 30.9 Å². The minimum absolute atomic E-state index is 0.133. The summed E-state index contributed by atoms with van der Waals surface area (Å²) < 4.78 is 15.2. The van der Waals surface area contributed by atoms with E-state index >= 15 is 0 Å². The molecule has 0 amide bonds. The van der Waals surface area contributed by atoms with Gasteiger partial charge < -0.3 is 11.1 Å². The number of hydrogen-bond acceptors (Lipinski definition) is 6. The fraction of sp³-hybridized carbons (Fsp3) is 0.381. The van der Waals surface area contributed by atoms with Crippen LogP contribution in [-0.4, -0.2) is 44.3 Å². The van der Waals surface area contributed by atoms with Crippen LogP contribution in [0.25, 0.3) is 11.3 Å². The second kappa shape index (κ2) is 8.57. The molecule has 3 N–H and O–H groups in total. The lowest BCUT2D eigenvalue weighted by atomic mass is 10.0. The van der Waals surface area contributed by atoms with E-state index in [2.05, 4.69) is 25.3 Å². The summed E-state index contributed by atoms with van der Waals surface area (Å²) in [4.78, 5) is 11.1. The van der Waals surface area contributed by atoms with Gasteiger partial charge in [0.2, 0.25) is 5.95 Å². The fourth-order valence-electron chi connectivity index (χ4n) is 3.83. The van der Waals surface area contributed by atoms with Gasteiger partial charge in [0.25, 0.3) is 0 Å². The smallest absolute Gasteiger partial charge is 0.222 e. The van der Waals surface area contributed by atoms with Crippen LogP contribution in [0.2, 0.25) is 0 Å². The molecule has 1 atom stereocenters. The Labute approximate surface area is 169 Å². The number of hydrogen-bond donors (Lipinski definition) is 2. The number of likely N-dealkylation sites (tertiary alicyclic amines) is 1. The molecule has 0 spiro atoms. The molecule has 2 aromatic heterocycles. The number of aryl methyl sites for hydroxylation is 1. The number of nitrogens with zero attached hydrogens (tertiary/aromatic N) is 5. The van der Waals surface area contributed by atoms with Gasteiger partial charge in [-0.2, -0.15) is 10.1 Å². The molecule has 0 radical (unpaired) electrons. The maximum absolute atomic E-state index is 13.4. The topological polar surface area (TPSA) is 84.9 Å². The van der Waals surface area contributed by atoms with Crippen molar-refractivity contribution in [1.29, 1.82) is 0 Å². The lowest BCUT2D eigenvalue weighted by molar-refractivity contribution is 0.170. The molecule has 3 aromatic rings. The molecule has 7 nitrogen and oxygen atoms in total. The predicted octanol–water partition coefficient (Wildman–Crippen LogP) is 3.24. The molecule has 29 heavy (non-hydrogen) atoms. The van der Waals surface area contributed by atoms with Gasteiger partial charge in [-0.05, 0) is 43.6 Å². The molecular formula is C21H26FN7. The first-order chi connectivity index (χ1) is 14.1. The summed E-state index contributed by atoms with van der Waals surface area (Å²) in [6.45, 7) is 2.72. The number of nitrogens with two attached hydrogens (primary N) is 1. The molecule has 152 valence electrons. The lowest BCUT2D eigenvalue weighted by Gasteiger charge is -2.35. The van der Waals surface area contributed by atoms with E-state index in [9.17, 15) is 4.39 Å². The number of halogens is 1. The molecule has 1 saturated heterocycles. The zero-order valence-corrected chi connectivity index (χ0v) is 16.6. The van der Waals surface area contributed by atoms with Crippen molar-refractivity contribution in [2.24, 2.45) is 7.05 Å². The van der Waals surface area contributed by atoms with Crippen molar-refractivity contribution in [3.63, 3.8) is 0 Å². The summed E-state index contributed by atoms with van der Waals surface area (Å²) in [5.41, 5.74) is 8.64. The number of anilines is 2. The molecule has 1 aliphatic rings. The Kier molecular flexibility index (Phi) is 5.71. The van der Waals surface area contributed by atoms with Gasteiger partial charge in [0.05, 0.1) is 17.9 Å². The van der Waals surface area contributed by atoms with E-state index in [4.69, 9.17) is 5.73 Å². The van der Waals surface area contributed by atoms with E-state index in [1.807, 2.05) is 31.4 Å². The van der Waals surface area contributed by atoms with E-state index in [1.165, 1.54) is 31.4 Å². The fourth-order valence-corrected chi connectivity index (χ4v) is 3.83. The van der Waals surface area contributed by atoms with Crippen LogP contribution in [0.15, 0.2) is 42.7 Å². The summed E-state index contributed by atoms with van der Waals surface area (Å²) in [6, 6.07) is 8.79. The molecule has 8 heteroatoms. The van der Waals surface area contributed by atoms with Crippen molar-refractivity contribution in [1.82, 2.24) is 24.6 Å². The number of rotatable bonds is 6. The van der Waals surface area contributed by atoms with Gasteiger partial charge in [-0.15, -0.1) is 0 Å². The van der Waals surface area contributed by atoms with E-state index in [0.717, 1.165) is 29.9 Å². The first-order valence-corrected chi connectivity index (χ1v) is 9.95. The Hall–Kier alpha value is -3.00. The molecule has 1 fully saturated rings. The third-order valence-corrected chi connectivity index (χ3v) is 5.31. The molecular weight excluding hydrogens is 369 g/mol. The minimum atomic E-state index is -0.219. The second-order valence-electron chi connectivity index (χ2n) is 7.44. The Morgan fingerprint density at radius 2 is 1.90 bits per heavy atom. The van der Waals surface area contributed by atoms with Crippen LogP contribution in [0.3, 0.4) is 0 Å². The van der Waals surface area contributed by atoms with Crippen LogP contribution in [0, 0.1) is 5.82 Å². The van der Waals surface area contributed by atoms with Gasteiger partial charge in [-0.3, -0.25) is 9.58 Å². The molecule has 0 unspecified atom stereocenters. The summed E-state index contributed by atoms with van der Waals surface area (Å²) in [5.74, 6) is 0.662. The van der Waals surface area contributed by atoms with Crippen LogP contribution < -0.4 is 11.1 Å². The van der Waals surface area contributed by atoms with Gasteiger partial charge in [0, 0.05) is 31.4 Å². The molecule has 1 aliphatic heterocycles. The average molecular weight is 395 g/mol. The summed E-state index contributed by atoms with van der Waals surface area (Å²) >= 11 is 0. The quantitative estimate of drug-likeness (QED) is 0.667. The van der Waals surface area contributed by atoms with E-state index < -0.39 is 0 Å².